The molecule has 1 atom stereocenters. The Bertz CT molecular complexity index is 356. The standard InChI is InChI=1S/C8H10N2O5S/c9-5(11)1-2-6(12)10-4(7(13)14)3-16-8(10)15/h4H,1-3H2,(H2,9,11)(H,13,14). The second-order valence-electron chi connectivity index (χ2n) is 3.16. The number of carbonyl (C=O) groups excluding carboxylic acids is 3. The third-order valence-corrected chi connectivity index (χ3v) is 2.94. The van der Waals surface area contributed by atoms with Crippen LogP contribution in [0.3, 0.4) is 0 Å². The number of carboxylic acids is 1. The lowest BCUT2D eigenvalue weighted by Crippen LogP contribution is -2.43. The zero-order valence-electron chi connectivity index (χ0n) is 8.21. The Morgan fingerprint density at radius 1 is 1.44 bits per heavy atom. The smallest absolute Gasteiger partial charge is 0.327 e. The number of rotatable bonds is 4. The van der Waals surface area contributed by atoms with Crippen molar-refractivity contribution in [1.29, 1.82) is 0 Å². The maximum atomic E-state index is 11.5. The second kappa shape index (κ2) is 4.97. The van der Waals surface area contributed by atoms with Crippen LogP contribution in [0.4, 0.5) is 4.79 Å². The summed E-state index contributed by atoms with van der Waals surface area (Å²) in [5.74, 6) is -2.54. The van der Waals surface area contributed by atoms with Crippen LogP contribution < -0.4 is 5.73 Å². The van der Waals surface area contributed by atoms with Crippen LogP contribution in [0, 0.1) is 0 Å². The first kappa shape index (κ1) is 12.5. The average molecular weight is 246 g/mol. The SMILES string of the molecule is NC(=O)CCC(=O)N1C(=O)SCC1C(=O)O. The van der Waals surface area contributed by atoms with E-state index in [1.165, 1.54) is 0 Å². The van der Waals surface area contributed by atoms with Gasteiger partial charge >= 0.3 is 5.97 Å². The number of carbonyl (C=O) groups is 4. The Hall–Kier alpha value is -1.57. The summed E-state index contributed by atoms with van der Waals surface area (Å²) in [5.41, 5.74) is 4.85. The highest BCUT2D eigenvalue weighted by Gasteiger charge is 2.40. The molecule has 1 saturated heterocycles. The molecule has 0 saturated carbocycles. The van der Waals surface area contributed by atoms with Gasteiger partial charge in [0.2, 0.25) is 11.8 Å². The van der Waals surface area contributed by atoms with E-state index in [-0.39, 0.29) is 18.6 Å². The molecule has 1 aliphatic heterocycles. The predicted octanol–water partition coefficient (Wildman–Crippen LogP) is -0.600. The molecule has 1 aliphatic rings. The van der Waals surface area contributed by atoms with E-state index in [2.05, 4.69) is 0 Å². The molecule has 0 radical (unpaired) electrons. The van der Waals surface area contributed by atoms with Crippen LogP contribution in [0.2, 0.25) is 0 Å². The number of primary amides is 1. The number of imide groups is 1. The Morgan fingerprint density at radius 2 is 2.06 bits per heavy atom. The fourth-order valence-electron chi connectivity index (χ4n) is 1.23. The molecule has 0 aromatic heterocycles. The maximum Gasteiger partial charge on any atom is 0.327 e. The van der Waals surface area contributed by atoms with Gasteiger partial charge in [0, 0.05) is 18.6 Å². The number of thioether (sulfide) groups is 1. The van der Waals surface area contributed by atoms with E-state index in [1.807, 2.05) is 0 Å². The first-order valence-electron chi connectivity index (χ1n) is 4.43. The molecule has 0 spiro atoms. The van der Waals surface area contributed by atoms with Crippen LogP contribution in [0.1, 0.15) is 12.8 Å². The van der Waals surface area contributed by atoms with E-state index in [4.69, 9.17) is 10.8 Å². The third-order valence-electron chi connectivity index (χ3n) is 2.01. The summed E-state index contributed by atoms with van der Waals surface area (Å²) in [6.07, 6.45) is -0.439. The minimum Gasteiger partial charge on any atom is -0.480 e. The maximum absolute atomic E-state index is 11.5. The van der Waals surface area contributed by atoms with Gasteiger partial charge in [0.1, 0.15) is 6.04 Å². The Morgan fingerprint density at radius 3 is 2.56 bits per heavy atom. The van der Waals surface area contributed by atoms with Crippen LogP contribution >= 0.6 is 11.8 Å². The van der Waals surface area contributed by atoms with Gasteiger partial charge < -0.3 is 10.8 Å². The van der Waals surface area contributed by atoms with Gasteiger partial charge in [-0.25, -0.2) is 4.79 Å². The summed E-state index contributed by atoms with van der Waals surface area (Å²) in [6.45, 7) is 0. The van der Waals surface area contributed by atoms with Gasteiger partial charge in [-0.2, -0.15) is 0 Å². The fraction of sp³-hybridized carbons (Fsp3) is 0.500. The van der Waals surface area contributed by atoms with Crippen molar-refractivity contribution in [3.8, 4) is 0 Å². The molecule has 1 rings (SSSR count). The van der Waals surface area contributed by atoms with E-state index < -0.39 is 29.1 Å². The number of nitrogens with zero attached hydrogens (tertiary/aromatic N) is 1. The highest BCUT2D eigenvalue weighted by atomic mass is 32.2. The normalized spacial score (nSPS) is 19.9. The molecule has 0 aromatic rings. The molecular weight excluding hydrogens is 236 g/mol. The molecule has 1 heterocycles. The molecule has 1 fully saturated rings. The van der Waals surface area contributed by atoms with E-state index in [0.29, 0.717) is 4.90 Å². The van der Waals surface area contributed by atoms with E-state index in [9.17, 15) is 19.2 Å². The van der Waals surface area contributed by atoms with Crippen molar-refractivity contribution in [2.24, 2.45) is 5.73 Å². The molecule has 0 aliphatic carbocycles. The first-order valence-corrected chi connectivity index (χ1v) is 5.42. The number of hydrogen-bond donors (Lipinski definition) is 2. The van der Waals surface area contributed by atoms with Gasteiger partial charge in [-0.3, -0.25) is 19.3 Å². The Labute approximate surface area is 95.0 Å². The molecule has 3 N–H and O–H groups in total. The van der Waals surface area contributed by atoms with Gasteiger partial charge in [-0.05, 0) is 0 Å². The van der Waals surface area contributed by atoms with Crippen LogP contribution in [0.5, 0.6) is 0 Å². The van der Waals surface area contributed by atoms with Crippen LogP contribution in [0.25, 0.3) is 0 Å². The van der Waals surface area contributed by atoms with Crippen molar-refractivity contribution in [2.75, 3.05) is 5.75 Å². The summed E-state index contributed by atoms with van der Waals surface area (Å²) in [6, 6.07) is -1.14. The molecule has 1 unspecified atom stereocenters. The summed E-state index contributed by atoms with van der Waals surface area (Å²) in [5, 5.41) is 8.18. The molecule has 88 valence electrons. The lowest BCUT2D eigenvalue weighted by molar-refractivity contribution is -0.146. The molecule has 0 aromatic carbocycles. The van der Waals surface area contributed by atoms with Crippen LogP contribution in [-0.4, -0.2) is 44.8 Å². The van der Waals surface area contributed by atoms with Crippen molar-refractivity contribution in [2.45, 2.75) is 18.9 Å². The zero-order valence-corrected chi connectivity index (χ0v) is 9.03. The summed E-state index contributed by atoms with van der Waals surface area (Å²) >= 11 is 0.774. The number of nitrogens with two attached hydrogens (primary N) is 1. The summed E-state index contributed by atoms with van der Waals surface area (Å²) < 4.78 is 0. The Balaban J connectivity index is 2.68. The topological polar surface area (TPSA) is 118 Å². The quantitative estimate of drug-likeness (QED) is 0.683. The average Bonchev–Trinajstić information content (AvgIpc) is 2.56. The molecule has 8 heteroatoms. The number of aliphatic carboxylic acids is 1. The zero-order chi connectivity index (χ0) is 12.3. The molecule has 7 nitrogen and oxygen atoms in total. The summed E-state index contributed by atoms with van der Waals surface area (Å²) in [4.78, 5) is 44.6. The number of amides is 3. The predicted molar refractivity (Wildman–Crippen MR) is 54.6 cm³/mol. The van der Waals surface area contributed by atoms with Crippen molar-refractivity contribution < 1.29 is 24.3 Å². The Kier molecular flexibility index (Phi) is 3.88. The van der Waals surface area contributed by atoms with Crippen LogP contribution in [-0.2, 0) is 14.4 Å². The van der Waals surface area contributed by atoms with Crippen molar-refractivity contribution in [1.82, 2.24) is 4.90 Å². The minimum atomic E-state index is -1.23. The summed E-state index contributed by atoms with van der Waals surface area (Å²) in [7, 11) is 0. The largest absolute Gasteiger partial charge is 0.480 e. The fourth-order valence-corrected chi connectivity index (χ4v) is 2.19. The van der Waals surface area contributed by atoms with Gasteiger partial charge in [-0.15, -0.1) is 0 Å². The molecular formula is C8H10N2O5S. The minimum absolute atomic E-state index is 0.0382. The highest BCUT2D eigenvalue weighted by Crippen LogP contribution is 2.25. The lowest BCUT2D eigenvalue weighted by Gasteiger charge is -2.17. The number of hydrogen-bond acceptors (Lipinski definition) is 5. The van der Waals surface area contributed by atoms with Crippen molar-refractivity contribution in [3.63, 3.8) is 0 Å². The highest BCUT2D eigenvalue weighted by molar-refractivity contribution is 8.14. The van der Waals surface area contributed by atoms with Gasteiger partial charge in [-0.1, -0.05) is 11.8 Å². The number of carboxylic acid groups (broad SMARTS) is 1. The van der Waals surface area contributed by atoms with Crippen molar-refractivity contribution >= 4 is 34.8 Å². The molecule has 16 heavy (non-hydrogen) atoms. The molecule has 0 bridgehead atoms. The van der Waals surface area contributed by atoms with Gasteiger partial charge in [0.15, 0.2) is 0 Å². The molecule has 3 amide bonds. The second-order valence-corrected chi connectivity index (χ2v) is 4.13. The van der Waals surface area contributed by atoms with E-state index in [1.54, 1.807) is 0 Å². The van der Waals surface area contributed by atoms with Crippen molar-refractivity contribution in [3.05, 3.63) is 0 Å². The first-order chi connectivity index (χ1) is 7.43. The monoisotopic (exact) mass is 246 g/mol. The van der Waals surface area contributed by atoms with Crippen LogP contribution in [0.15, 0.2) is 0 Å². The van der Waals surface area contributed by atoms with Gasteiger partial charge in [0.25, 0.3) is 5.24 Å². The third kappa shape index (κ3) is 2.72. The lowest BCUT2D eigenvalue weighted by atomic mass is 10.2. The van der Waals surface area contributed by atoms with E-state index in [0.717, 1.165) is 11.8 Å². The van der Waals surface area contributed by atoms with E-state index >= 15 is 0 Å². The van der Waals surface area contributed by atoms with Gasteiger partial charge in [0.05, 0.1) is 0 Å².